The molecule has 0 aromatic carbocycles. The van der Waals surface area contributed by atoms with E-state index in [1.165, 1.54) is 5.57 Å². The Hall–Kier alpha value is -0.900. The molecule has 0 aliphatic carbocycles. The van der Waals surface area contributed by atoms with Crippen LogP contribution in [-0.2, 0) is 9.47 Å². The molecular weight excluding hydrogens is 250 g/mol. The lowest BCUT2D eigenvalue weighted by atomic mass is 10.0. The van der Waals surface area contributed by atoms with Gasteiger partial charge in [-0.3, -0.25) is 4.90 Å². The summed E-state index contributed by atoms with van der Waals surface area (Å²) in [5, 5.41) is 0. The molecule has 3 heteroatoms. The predicted molar refractivity (Wildman–Crippen MR) is 85.0 cm³/mol. The maximum Gasteiger partial charge on any atom is 0.0651 e. The van der Waals surface area contributed by atoms with Gasteiger partial charge in [0.25, 0.3) is 0 Å². The van der Waals surface area contributed by atoms with Crippen LogP contribution in [0.5, 0.6) is 0 Å². The summed E-state index contributed by atoms with van der Waals surface area (Å²) in [5.41, 5.74) is 1.31. The number of rotatable bonds is 9. The lowest BCUT2D eigenvalue weighted by Crippen LogP contribution is -2.38. The van der Waals surface area contributed by atoms with Crippen LogP contribution < -0.4 is 0 Å². The molecule has 20 heavy (non-hydrogen) atoms. The van der Waals surface area contributed by atoms with E-state index in [1.807, 2.05) is 6.08 Å². The Kier molecular flexibility index (Phi) is 9.29. The van der Waals surface area contributed by atoms with Gasteiger partial charge in [0.2, 0.25) is 0 Å². The molecule has 0 spiro atoms. The minimum Gasteiger partial charge on any atom is -0.379 e. The first-order chi connectivity index (χ1) is 9.72. The summed E-state index contributed by atoms with van der Waals surface area (Å²) in [5.74, 6) is 0.660. The number of morpholine rings is 1. The van der Waals surface area contributed by atoms with Gasteiger partial charge < -0.3 is 9.47 Å². The van der Waals surface area contributed by atoms with Gasteiger partial charge in [0, 0.05) is 19.6 Å². The fourth-order valence-electron chi connectivity index (χ4n) is 2.18. The van der Waals surface area contributed by atoms with E-state index in [0.717, 1.165) is 45.9 Å². The largest absolute Gasteiger partial charge is 0.379 e. The molecule has 0 unspecified atom stereocenters. The second-order valence-corrected chi connectivity index (χ2v) is 5.51. The molecule has 1 rings (SSSR count). The van der Waals surface area contributed by atoms with Gasteiger partial charge in [0.05, 0.1) is 26.4 Å². The fraction of sp³-hybridized carbons (Fsp3) is 0.647. The molecule has 114 valence electrons. The van der Waals surface area contributed by atoms with E-state index in [1.54, 1.807) is 0 Å². The molecule has 0 amide bonds. The lowest BCUT2D eigenvalue weighted by Gasteiger charge is -2.26. The van der Waals surface area contributed by atoms with Crippen LogP contribution in [0.1, 0.15) is 20.3 Å². The summed E-state index contributed by atoms with van der Waals surface area (Å²) < 4.78 is 11.0. The molecular formula is C17H29NO2. The highest BCUT2D eigenvalue weighted by Crippen LogP contribution is 2.12. The Balaban J connectivity index is 2.13. The van der Waals surface area contributed by atoms with E-state index in [0.29, 0.717) is 12.5 Å². The van der Waals surface area contributed by atoms with Gasteiger partial charge >= 0.3 is 0 Å². The van der Waals surface area contributed by atoms with Crippen LogP contribution in [0.25, 0.3) is 0 Å². The Morgan fingerprint density at radius 1 is 1.35 bits per heavy atom. The average Bonchev–Trinajstić information content (AvgIpc) is 2.43. The van der Waals surface area contributed by atoms with Crippen molar-refractivity contribution in [3.05, 3.63) is 36.5 Å². The summed E-state index contributed by atoms with van der Waals surface area (Å²) in [6.07, 6.45) is 9.25. The third kappa shape index (κ3) is 8.31. The van der Waals surface area contributed by atoms with Gasteiger partial charge in [-0.2, -0.15) is 0 Å². The first-order valence-corrected chi connectivity index (χ1v) is 7.58. The van der Waals surface area contributed by atoms with Crippen LogP contribution in [-0.4, -0.2) is 51.0 Å². The minimum absolute atomic E-state index is 0.660. The van der Waals surface area contributed by atoms with Crippen molar-refractivity contribution in [1.29, 1.82) is 0 Å². The van der Waals surface area contributed by atoms with Gasteiger partial charge in [-0.1, -0.05) is 44.7 Å². The highest BCUT2D eigenvalue weighted by Gasteiger charge is 2.08. The van der Waals surface area contributed by atoms with Crippen molar-refractivity contribution in [2.45, 2.75) is 20.3 Å². The Morgan fingerprint density at radius 2 is 2.10 bits per heavy atom. The monoisotopic (exact) mass is 279 g/mol. The van der Waals surface area contributed by atoms with E-state index < -0.39 is 0 Å². The van der Waals surface area contributed by atoms with E-state index in [2.05, 4.69) is 43.6 Å². The maximum absolute atomic E-state index is 5.65. The summed E-state index contributed by atoms with van der Waals surface area (Å²) in [7, 11) is 0. The maximum atomic E-state index is 5.65. The first-order valence-electron chi connectivity index (χ1n) is 7.58. The number of hydrogen-bond acceptors (Lipinski definition) is 3. The normalized spacial score (nSPS) is 18.1. The van der Waals surface area contributed by atoms with Crippen LogP contribution in [0.2, 0.25) is 0 Å². The highest BCUT2D eigenvalue weighted by molar-refractivity contribution is 5.23. The molecule has 0 saturated carbocycles. The summed E-state index contributed by atoms with van der Waals surface area (Å²) in [6, 6.07) is 0. The molecule has 3 nitrogen and oxygen atoms in total. The zero-order valence-corrected chi connectivity index (χ0v) is 13.0. The molecule has 0 radical (unpaired) electrons. The van der Waals surface area contributed by atoms with Gasteiger partial charge in [0.1, 0.15) is 0 Å². The SMILES string of the molecule is C=C/C=C(\C=C/COCCN1CCOCC1)CC(C)C. The van der Waals surface area contributed by atoms with Crippen LogP contribution in [0.3, 0.4) is 0 Å². The van der Waals surface area contributed by atoms with Crippen molar-refractivity contribution >= 4 is 0 Å². The zero-order valence-electron chi connectivity index (χ0n) is 13.0. The molecule has 0 aromatic heterocycles. The van der Waals surface area contributed by atoms with Crippen molar-refractivity contribution in [3.8, 4) is 0 Å². The van der Waals surface area contributed by atoms with Crippen molar-refractivity contribution in [2.24, 2.45) is 5.92 Å². The van der Waals surface area contributed by atoms with Crippen molar-refractivity contribution in [3.63, 3.8) is 0 Å². The topological polar surface area (TPSA) is 21.7 Å². The van der Waals surface area contributed by atoms with Gasteiger partial charge in [0.15, 0.2) is 0 Å². The fourth-order valence-corrected chi connectivity index (χ4v) is 2.18. The first kappa shape index (κ1) is 17.2. The second-order valence-electron chi connectivity index (χ2n) is 5.51. The Labute approximate surface area is 123 Å². The summed E-state index contributed by atoms with van der Waals surface area (Å²) >= 11 is 0. The number of nitrogens with zero attached hydrogens (tertiary/aromatic N) is 1. The standard InChI is InChI=1S/C17H29NO2/c1-4-6-17(15-16(2)3)7-5-11-19-12-8-18-9-13-20-14-10-18/h4-7,16H,1,8-15H2,2-3H3/b7-5-,17-6+. The number of allylic oxidation sites excluding steroid dienone is 4. The van der Waals surface area contributed by atoms with Crippen LogP contribution >= 0.6 is 0 Å². The van der Waals surface area contributed by atoms with Crippen molar-refractivity contribution < 1.29 is 9.47 Å². The molecule has 1 fully saturated rings. The number of ether oxygens (including phenoxy) is 2. The van der Waals surface area contributed by atoms with Crippen LogP contribution in [0.15, 0.2) is 36.5 Å². The minimum atomic E-state index is 0.660. The quantitative estimate of drug-likeness (QED) is 0.478. The molecule has 0 aromatic rings. The van der Waals surface area contributed by atoms with Crippen molar-refractivity contribution in [1.82, 2.24) is 4.90 Å². The van der Waals surface area contributed by atoms with Gasteiger partial charge in [-0.15, -0.1) is 0 Å². The van der Waals surface area contributed by atoms with Gasteiger partial charge in [-0.25, -0.2) is 0 Å². The average molecular weight is 279 g/mol. The summed E-state index contributed by atoms with van der Waals surface area (Å²) in [4.78, 5) is 2.38. The molecule has 1 heterocycles. The smallest absolute Gasteiger partial charge is 0.0651 e. The molecule has 0 bridgehead atoms. The number of hydrogen-bond donors (Lipinski definition) is 0. The molecule has 1 aliphatic heterocycles. The molecule has 0 N–H and O–H groups in total. The molecule has 0 atom stereocenters. The third-order valence-corrected chi connectivity index (χ3v) is 3.18. The Morgan fingerprint density at radius 3 is 2.75 bits per heavy atom. The van der Waals surface area contributed by atoms with E-state index in [9.17, 15) is 0 Å². The molecule has 1 aliphatic rings. The molecule has 1 saturated heterocycles. The van der Waals surface area contributed by atoms with E-state index in [4.69, 9.17) is 9.47 Å². The summed E-state index contributed by atoms with van der Waals surface area (Å²) in [6.45, 7) is 14.4. The second kappa shape index (κ2) is 10.8. The highest BCUT2D eigenvalue weighted by atomic mass is 16.5. The van der Waals surface area contributed by atoms with Gasteiger partial charge in [-0.05, 0) is 17.9 Å². The van der Waals surface area contributed by atoms with E-state index >= 15 is 0 Å². The third-order valence-electron chi connectivity index (χ3n) is 3.18. The lowest BCUT2D eigenvalue weighted by molar-refractivity contribution is 0.0234. The predicted octanol–water partition coefficient (Wildman–Crippen LogP) is 3.05. The van der Waals surface area contributed by atoms with Crippen LogP contribution in [0.4, 0.5) is 0 Å². The van der Waals surface area contributed by atoms with Crippen LogP contribution in [0, 0.1) is 5.92 Å². The Bertz CT molecular complexity index is 315. The zero-order chi connectivity index (χ0) is 14.6. The van der Waals surface area contributed by atoms with E-state index in [-0.39, 0.29) is 0 Å². The van der Waals surface area contributed by atoms with Crippen molar-refractivity contribution in [2.75, 3.05) is 46.1 Å².